The summed E-state index contributed by atoms with van der Waals surface area (Å²) < 4.78 is 40.7. The number of benzene rings is 2. The second kappa shape index (κ2) is 19.7. The van der Waals surface area contributed by atoms with Crippen LogP contribution in [0, 0.1) is 0 Å². The monoisotopic (exact) mass is 848 g/mol. The minimum Gasteiger partial charge on any atom is -0.404 e. The predicted octanol–water partition coefficient (Wildman–Crippen LogP) is 3.73. The van der Waals surface area contributed by atoms with Gasteiger partial charge in [-0.25, -0.2) is 23.9 Å². The summed E-state index contributed by atoms with van der Waals surface area (Å²) in [6.07, 6.45) is 4.24. The molecule has 4 aromatic rings. The Morgan fingerprint density at radius 3 is 2.31 bits per heavy atom. The molecule has 7 N–H and O–H groups in total. The van der Waals surface area contributed by atoms with Crippen molar-refractivity contribution < 1.29 is 66.5 Å². The molecule has 0 atom stereocenters. The summed E-state index contributed by atoms with van der Waals surface area (Å²) in [6, 6.07) is 9.27. The molecule has 0 aliphatic carbocycles. The minimum absolute atomic E-state index is 0.00901. The Balaban J connectivity index is 1.17. The Morgan fingerprint density at radius 2 is 1.60 bits per heavy atom. The molecule has 3 amide bonds. The van der Waals surface area contributed by atoms with Crippen LogP contribution in [0.1, 0.15) is 81.7 Å². The topological polar surface area (TPSA) is 292 Å². The van der Waals surface area contributed by atoms with Crippen molar-refractivity contribution in [1.29, 1.82) is 0 Å². The Kier molecular flexibility index (Phi) is 15.0. The van der Waals surface area contributed by atoms with Gasteiger partial charge in [0.15, 0.2) is 5.82 Å². The molecule has 314 valence electrons. The van der Waals surface area contributed by atoms with E-state index in [2.05, 4.69) is 10.3 Å². The molecule has 1 aliphatic rings. The Morgan fingerprint density at radius 1 is 0.879 bits per heavy atom. The maximum atomic E-state index is 12.1. The largest absolute Gasteiger partial charge is 0.524 e. The fourth-order valence-corrected chi connectivity index (χ4v) is 7.11. The maximum absolute atomic E-state index is 12.1. The number of fused-ring (bicyclic) bond motifs is 3. The number of phosphoric ester groups is 2. The van der Waals surface area contributed by atoms with Crippen molar-refractivity contribution in [1.82, 2.24) is 24.9 Å². The lowest BCUT2D eigenvalue weighted by atomic mass is 10.1. The minimum atomic E-state index is -5.03. The molecule has 0 spiro atoms. The van der Waals surface area contributed by atoms with Crippen LogP contribution in [0.2, 0.25) is 0 Å². The predicted molar refractivity (Wildman–Crippen MR) is 207 cm³/mol. The van der Waals surface area contributed by atoms with Crippen molar-refractivity contribution in [3.63, 3.8) is 0 Å². The lowest BCUT2D eigenvalue weighted by Crippen LogP contribution is -2.32. The summed E-state index contributed by atoms with van der Waals surface area (Å²) in [6.45, 7) is 3.20. The van der Waals surface area contributed by atoms with Gasteiger partial charge < -0.3 is 34.2 Å². The number of unbranched alkanes of at least 4 members (excludes halogenated alkanes) is 1. The molecule has 0 unspecified atom stereocenters. The van der Waals surface area contributed by atoms with Crippen LogP contribution in [-0.2, 0) is 57.3 Å². The van der Waals surface area contributed by atoms with Gasteiger partial charge >= 0.3 is 21.6 Å². The standard InChI is InChI=1S/C36H46N6O14P2/c1-2-3-8-29-40-34-35(41(29)22-24-21-25(55-57(47,48)49)12-14-28(24)56-58(50,51)52)26-13-11-23(20-27(26)39-36(34)37)7-5-18-53-19-6-17-38-30(43)9-4-10-33(46)54-42-31(44)15-16-32(42)45/h11-14,20-21H,2-10,15-19,22H2,1H3,(H2,37,39)(H,38,43)(H2,47,48,49)(H2,50,51,52). The van der Waals surface area contributed by atoms with Gasteiger partial charge in [-0.2, -0.15) is 0 Å². The number of anilines is 1. The van der Waals surface area contributed by atoms with Crippen LogP contribution >= 0.6 is 15.6 Å². The van der Waals surface area contributed by atoms with E-state index in [1.165, 1.54) is 6.07 Å². The molecular formula is C36H46N6O14P2. The molecule has 0 saturated carbocycles. The Labute approximate surface area is 332 Å². The van der Waals surface area contributed by atoms with E-state index in [0.29, 0.717) is 78.3 Å². The molecular weight excluding hydrogens is 802 g/mol. The van der Waals surface area contributed by atoms with E-state index in [4.69, 9.17) is 29.3 Å². The van der Waals surface area contributed by atoms with Crippen molar-refractivity contribution in [3.05, 3.63) is 53.3 Å². The second-order valence-electron chi connectivity index (χ2n) is 13.5. The third-order valence-electron chi connectivity index (χ3n) is 8.93. The van der Waals surface area contributed by atoms with Crippen molar-refractivity contribution in [2.24, 2.45) is 0 Å². The number of ether oxygens (including phenoxy) is 1. The Bertz CT molecular complexity index is 2240. The molecule has 2 aromatic carbocycles. The maximum Gasteiger partial charge on any atom is 0.524 e. The molecule has 1 fully saturated rings. The molecule has 5 rings (SSSR count). The van der Waals surface area contributed by atoms with E-state index in [9.17, 15) is 47.9 Å². The second-order valence-corrected chi connectivity index (χ2v) is 15.8. The first-order valence-electron chi connectivity index (χ1n) is 18.6. The van der Waals surface area contributed by atoms with Crippen molar-refractivity contribution in [2.75, 3.05) is 25.5 Å². The van der Waals surface area contributed by atoms with E-state index >= 15 is 0 Å². The van der Waals surface area contributed by atoms with Gasteiger partial charge in [0.1, 0.15) is 22.8 Å². The molecule has 0 bridgehead atoms. The number of amides is 3. The molecule has 22 heteroatoms. The molecule has 1 aliphatic heterocycles. The van der Waals surface area contributed by atoms with E-state index in [0.717, 1.165) is 30.5 Å². The number of pyridine rings is 1. The number of aryl methyl sites for hydroxylation is 2. The summed E-state index contributed by atoms with van der Waals surface area (Å²) >= 11 is 0. The normalized spacial score (nSPS) is 13.4. The highest BCUT2D eigenvalue weighted by atomic mass is 31.2. The quantitative estimate of drug-likeness (QED) is 0.0373. The molecule has 2 aromatic heterocycles. The van der Waals surface area contributed by atoms with Crippen LogP contribution in [0.3, 0.4) is 0 Å². The zero-order chi connectivity index (χ0) is 42.0. The van der Waals surface area contributed by atoms with Gasteiger partial charge in [0.2, 0.25) is 5.91 Å². The number of aromatic nitrogens is 3. The average Bonchev–Trinajstić information content (AvgIpc) is 3.66. The summed E-state index contributed by atoms with van der Waals surface area (Å²) in [5, 5.41) is 3.95. The zero-order valence-corrected chi connectivity index (χ0v) is 33.5. The third-order valence-corrected chi connectivity index (χ3v) is 9.81. The number of nitrogens with one attached hydrogen (secondary N) is 1. The highest BCUT2D eigenvalue weighted by Gasteiger charge is 2.32. The molecule has 1 saturated heterocycles. The number of hydrogen-bond acceptors (Lipinski definition) is 13. The van der Waals surface area contributed by atoms with Gasteiger partial charge in [-0.05, 0) is 61.9 Å². The van der Waals surface area contributed by atoms with Gasteiger partial charge in [-0.1, -0.05) is 25.5 Å². The van der Waals surface area contributed by atoms with Crippen LogP contribution < -0.4 is 20.1 Å². The van der Waals surface area contributed by atoms with E-state index < -0.39 is 33.4 Å². The summed E-state index contributed by atoms with van der Waals surface area (Å²) in [5.74, 6) is -1.79. The van der Waals surface area contributed by atoms with Gasteiger partial charge in [-0.3, -0.25) is 34.0 Å². The van der Waals surface area contributed by atoms with Gasteiger partial charge in [0.05, 0.1) is 17.6 Å². The van der Waals surface area contributed by atoms with Gasteiger partial charge in [-0.15, -0.1) is 5.06 Å². The SMILES string of the molecule is CCCCc1nc2c(N)nc3cc(CCCOCCCNC(=O)CCCC(=O)ON4C(=O)CCC4=O)ccc3c2n1Cc1cc(OP(=O)(O)O)ccc1OP(=O)(O)O. The first-order valence-corrected chi connectivity index (χ1v) is 21.7. The molecule has 0 radical (unpaired) electrons. The van der Waals surface area contributed by atoms with E-state index in [1.807, 2.05) is 29.7 Å². The summed E-state index contributed by atoms with van der Waals surface area (Å²) in [4.78, 5) is 99.2. The highest BCUT2D eigenvalue weighted by Crippen LogP contribution is 2.43. The average molecular weight is 849 g/mol. The van der Waals surface area contributed by atoms with Crippen LogP contribution in [0.15, 0.2) is 36.4 Å². The number of imidazole rings is 1. The smallest absolute Gasteiger partial charge is 0.404 e. The highest BCUT2D eigenvalue weighted by molar-refractivity contribution is 7.47. The molecule has 3 heterocycles. The fraction of sp³-hybridized carbons (Fsp3) is 0.444. The van der Waals surface area contributed by atoms with Crippen molar-refractivity contribution in [2.45, 2.75) is 84.1 Å². The number of rotatable bonds is 22. The number of nitrogens with zero attached hydrogens (tertiary/aromatic N) is 4. The first kappa shape index (κ1) is 44.2. The summed E-state index contributed by atoms with van der Waals surface area (Å²) in [5.41, 5.74) is 9.18. The number of hydrogen-bond donors (Lipinski definition) is 6. The zero-order valence-electron chi connectivity index (χ0n) is 31.7. The van der Waals surface area contributed by atoms with E-state index in [-0.39, 0.29) is 67.4 Å². The van der Waals surface area contributed by atoms with Gasteiger partial charge in [0.25, 0.3) is 11.8 Å². The summed E-state index contributed by atoms with van der Waals surface area (Å²) in [7, 11) is -9.98. The van der Waals surface area contributed by atoms with Crippen LogP contribution in [0.25, 0.3) is 21.9 Å². The molecule has 58 heavy (non-hydrogen) atoms. The number of carbonyl (C=O) groups excluding carboxylic acids is 4. The lowest BCUT2D eigenvalue weighted by molar-refractivity contribution is -0.197. The first-order chi connectivity index (χ1) is 27.5. The number of carbonyl (C=O) groups is 4. The van der Waals surface area contributed by atoms with E-state index in [1.54, 1.807) is 0 Å². The van der Waals surface area contributed by atoms with Crippen LogP contribution in [-0.4, -0.2) is 82.6 Å². The number of phosphoric acid groups is 2. The number of nitrogen functional groups attached to an aromatic ring is 1. The lowest BCUT2D eigenvalue weighted by Gasteiger charge is -2.17. The van der Waals surface area contributed by atoms with Crippen molar-refractivity contribution >= 4 is 67.1 Å². The molecule has 20 nitrogen and oxygen atoms in total. The Hall–Kier alpha value is -4.94. The van der Waals surface area contributed by atoms with Crippen molar-refractivity contribution in [3.8, 4) is 11.5 Å². The number of imide groups is 1. The number of hydroxylamine groups is 2. The van der Waals surface area contributed by atoms with Crippen LogP contribution in [0.5, 0.6) is 11.5 Å². The number of nitrogens with two attached hydrogens (primary N) is 1. The fourth-order valence-electron chi connectivity index (χ4n) is 6.29. The van der Waals surface area contributed by atoms with Gasteiger partial charge in [0, 0.05) is 62.8 Å². The van der Waals surface area contributed by atoms with Crippen LogP contribution in [0.4, 0.5) is 5.82 Å². The third kappa shape index (κ3) is 12.5.